The lowest BCUT2D eigenvalue weighted by molar-refractivity contribution is -0.130. The van der Waals surface area contributed by atoms with Crippen molar-refractivity contribution in [2.75, 3.05) is 25.1 Å². The van der Waals surface area contributed by atoms with E-state index in [1.165, 1.54) is 6.07 Å². The second-order valence-corrected chi connectivity index (χ2v) is 6.72. The molecule has 3 N–H and O–H groups in total. The monoisotopic (exact) mass is 336 g/mol. The van der Waals surface area contributed by atoms with Crippen LogP contribution in [0.3, 0.4) is 0 Å². The topological polar surface area (TPSA) is 73.6 Å². The van der Waals surface area contributed by atoms with Crippen LogP contribution < -0.4 is 15.8 Å². The molecule has 5 nitrogen and oxygen atoms in total. The number of carbonyl (C=O) groups excluding carboxylic acids is 1. The predicted molar refractivity (Wildman–Crippen MR) is 89.5 cm³/mol. The number of anilines is 1. The Kier molecular flexibility index (Phi) is 5.36. The minimum atomic E-state index is -0.631. The maximum Gasteiger partial charge on any atom is 0.232 e. The van der Waals surface area contributed by atoms with Crippen LogP contribution in [0.5, 0.6) is 5.75 Å². The van der Waals surface area contributed by atoms with E-state index >= 15 is 0 Å². The molecule has 1 aromatic rings. The fourth-order valence-corrected chi connectivity index (χ4v) is 3.41. The summed E-state index contributed by atoms with van der Waals surface area (Å²) < 4.78 is 25.3. The molecule has 0 bridgehead atoms. The first kappa shape index (κ1) is 17.2. The van der Waals surface area contributed by atoms with Crippen molar-refractivity contribution in [3.05, 3.63) is 24.0 Å². The second-order valence-electron chi connectivity index (χ2n) is 6.72. The molecule has 0 atom stereocenters. The van der Waals surface area contributed by atoms with Gasteiger partial charge in [-0.25, -0.2) is 4.39 Å². The van der Waals surface area contributed by atoms with Crippen LogP contribution in [-0.4, -0.2) is 31.8 Å². The van der Waals surface area contributed by atoms with Crippen molar-refractivity contribution in [3.8, 4) is 5.75 Å². The van der Waals surface area contributed by atoms with Gasteiger partial charge < -0.3 is 20.5 Å². The van der Waals surface area contributed by atoms with Gasteiger partial charge in [0.1, 0.15) is 0 Å². The Hall–Kier alpha value is -1.66. The molecule has 1 aromatic carbocycles. The van der Waals surface area contributed by atoms with Crippen LogP contribution in [-0.2, 0) is 9.53 Å². The summed E-state index contributed by atoms with van der Waals surface area (Å²) in [5, 5.41) is 2.80. The highest BCUT2D eigenvalue weighted by Gasteiger charge is 2.38. The van der Waals surface area contributed by atoms with Gasteiger partial charge in [0.15, 0.2) is 11.6 Å². The molecule has 0 spiro atoms. The zero-order chi connectivity index (χ0) is 17.0. The summed E-state index contributed by atoms with van der Waals surface area (Å²) in [5.74, 6) is -0.370. The normalized spacial score (nSPS) is 20.8. The molecule has 0 unspecified atom stereocenters. The summed E-state index contributed by atoms with van der Waals surface area (Å²) >= 11 is 0. The third kappa shape index (κ3) is 3.70. The summed E-state index contributed by atoms with van der Waals surface area (Å²) in [7, 11) is 0. The highest BCUT2D eigenvalue weighted by atomic mass is 19.1. The summed E-state index contributed by atoms with van der Waals surface area (Å²) in [6.45, 7) is 1.30. The lowest BCUT2D eigenvalue weighted by atomic mass is 9.79. The molecule has 6 heteroatoms. The average Bonchev–Trinajstić information content (AvgIpc) is 3.11. The first-order chi connectivity index (χ1) is 11.6. The van der Waals surface area contributed by atoms with Crippen molar-refractivity contribution in [1.29, 1.82) is 0 Å². The molecule has 3 rings (SSSR count). The van der Waals surface area contributed by atoms with Gasteiger partial charge in [0.2, 0.25) is 5.91 Å². The molecule has 2 fully saturated rings. The summed E-state index contributed by atoms with van der Waals surface area (Å²) in [4.78, 5) is 12.6. The Morgan fingerprint density at radius 3 is 2.67 bits per heavy atom. The Morgan fingerprint density at radius 1 is 1.33 bits per heavy atom. The molecule has 1 amide bonds. The van der Waals surface area contributed by atoms with E-state index in [1.54, 1.807) is 12.1 Å². The molecule has 1 saturated carbocycles. The maximum atomic E-state index is 14.3. The van der Waals surface area contributed by atoms with Gasteiger partial charge in [-0.1, -0.05) is 0 Å². The number of benzene rings is 1. The van der Waals surface area contributed by atoms with Crippen LogP contribution >= 0.6 is 0 Å². The number of carbonyl (C=O) groups is 1. The van der Waals surface area contributed by atoms with Crippen LogP contribution in [0.1, 0.15) is 38.5 Å². The van der Waals surface area contributed by atoms with E-state index in [0.29, 0.717) is 31.7 Å². The van der Waals surface area contributed by atoms with Crippen LogP contribution in [0.15, 0.2) is 18.2 Å². The van der Waals surface area contributed by atoms with Gasteiger partial charge in [-0.2, -0.15) is 0 Å². The molecule has 24 heavy (non-hydrogen) atoms. The van der Waals surface area contributed by atoms with E-state index < -0.39 is 11.2 Å². The van der Waals surface area contributed by atoms with Gasteiger partial charge in [0.05, 0.1) is 11.5 Å². The molecular formula is C18H25FN2O3. The van der Waals surface area contributed by atoms with Gasteiger partial charge in [-0.3, -0.25) is 4.79 Å². The number of rotatable bonds is 5. The largest absolute Gasteiger partial charge is 0.487 e. The quantitative estimate of drug-likeness (QED) is 0.867. The number of hydrogen-bond donors (Lipinski definition) is 2. The summed E-state index contributed by atoms with van der Waals surface area (Å²) in [6, 6.07) is 4.57. The third-order valence-electron chi connectivity index (χ3n) is 5.11. The van der Waals surface area contributed by atoms with Gasteiger partial charge in [0, 0.05) is 31.5 Å². The molecular weight excluding hydrogens is 311 g/mol. The maximum absolute atomic E-state index is 14.3. The first-order valence-electron chi connectivity index (χ1n) is 8.68. The Labute approximate surface area is 141 Å². The first-order valence-corrected chi connectivity index (χ1v) is 8.68. The molecule has 1 aliphatic heterocycles. The van der Waals surface area contributed by atoms with E-state index in [2.05, 4.69) is 5.32 Å². The van der Waals surface area contributed by atoms with Crippen molar-refractivity contribution in [1.82, 2.24) is 0 Å². The minimum absolute atomic E-state index is 0.0997. The van der Waals surface area contributed by atoms with Crippen molar-refractivity contribution >= 4 is 11.6 Å². The highest BCUT2D eigenvalue weighted by Crippen LogP contribution is 2.32. The smallest absolute Gasteiger partial charge is 0.232 e. The van der Waals surface area contributed by atoms with Crippen molar-refractivity contribution in [2.24, 2.45) is 11.1 Å². The Morgan fingerprint density at radius 2 is 2.04 bits per heavy atom. The molecule has 0 aromatic heterocycles. The fraction of sp³-hybridized carbons (Fsp3) is 0.611. The second kappa shape index (κ2) is 7.49. The number of amides is 1. The number of nitrogens with one attached hydrogen (secondary N) is 1. The van der Waals surface area contributed by atoms with E-state index in [0.717, 1.165) is 25.7 Å². The zero-order valence-corrected chi connectivity index (χ0v) is 13.9. The third-order valence-corrected chi connectivity index (χ3v) is 5.11. The van der Waals surface area contributed by atoms with Gasteiger partial charge in [0.25, 0.3) is 0 Å². The van der Waals surface area contributed by atoms with Crippen LogP contribution in [0.4, 0.5) is 10.1 Å². The highest BCUT2D eigenvalue weighted by molar-refractivity contribution is 5.95. The number of ether oxygens (including phenoxy) is 2. The van der Waals surface area contributed by atoms with Crippen molar-refractivity contribution < 1.29 is 18.7 Å². The predicted octanol–water partition coefficient (Wildman–Crippen LogP) is 2.84. The molecule has 1 aliphatic carbocycles. The van der Waals surface area contributed by atoms with Crippen molar-refractivity contribution in [2.45, 2.75) is 44.6 Å². The molecule has 2 aliphatic rings. The van der Waals surface area contributed by atoms with E-state index in [1.807, 2.05) is 0 Å². The summed E-state index contributed by atoms with van der Waals surface area (Å²) in [5.41, 5.74) is 5.62. The number of nitrogens with two attached hydrogens (primary N) is 1. The van der Waals surface area contributed by atoms with Gasteiger partial charge in [-0.05, 0) is 50.7 Å². The van der Waals surface area contributed by atoms with Crippen molar-refractivity contribution in [3.63, 3.8) is 0 Å². The lowest BCUT2D eigenvalue weighted by Gasteiger charge is -2.34. The Bertz CT molecular complexity index is 582. The van der Waals surface area contributed by atoms with E-state index in [9.17, 15) is 9.18 Å². The minimum Gasteiger partial charge on any atom is -0.487 e. The van der Waals surface area contributed by atoms with E-state index in [4.69, 9.17) is 15.2 Å². The van der Waals surface area contributed by atoms with Gasteiger partial charge in [-0.15, -0.1) is 0 Å². The zero-order valence-electron chi connectivity index (χ0n) is 13.9. The number of halogens is 1. The lowest BCUT2D eigenvalue weighted by Crippen LogP contribution is -2.46. The van der Waals surface area contributed by atoms with Crippen LogP contribution in [0, 0.1) is 11.2 Å². The SMILES string of the molecule is NCC1(C(=O)Nc2ccc(OC3CCCC3)c(F)c2)CCOCC1. The molecule has 0 radical (unpaired) electrons. The average molecular weight is 336 g/mol. The molecule has 1 saturated heterocycles. The fourth-order valence-electron chi connectivity index (χ4n) is 3.41. The van der Waals surface area contributed by atoms with Crippen LogP contribution in [0.25, 0.3) is 0 Å². The summed E-state index contributed by atoms with van der Waals surface area (Å²) in [6.07, 6.45) is 5.47. The standard InChI is InChI=1S/C18H25FN2O3/c19-15-11-13(5-6-16(15)24-14-3-1-2-4-14)21-17(22)18(12-20)7-9-23-10-8-18/h5-6,11,14H,1-4,7-10,12,20H2,(H,21,22). The van der Waals surface area contributed by atoms with E-state index in [-0.39, 0.29) is 24.3 Å². The molecule has 1 heterocycles. The van der Waals surface area contributed by atoms with Gasteiger partial charge >= 0.3 is 0 Å². The molecule has 132 valence electrons. The Balaban J connectivity index is 1.66. The number of hydrogen-bond acceptors (Lipinski definition) is 4. The van der Waals surface area contributed by atoms with Crippen LogP contribution in [0.2, 0.25) is 0 Å².